The van der Waals surface area contributed by atoms with Crippen molar-refractivity contribution in [3.8, 4) is 16.2 Å². The SMILES string of the molecule is CC(C)[Si]1(C(C)C)C2=CC(=O)C=CC2=Nc2ccc(O)c(-c3sc(I)c(I)c3I)c21. The van der Waals surface area contributed by atoms with Crippen molar-refractivity contribution in [2.45, 2.75) is 38.8 Å². The number of phenols is 1. The number of carbonyl (C=O) groups is 1. The zero-order chi connectivity index (χ0) is 22.0. The van der Waals surface area contributed by atoms with Crippen molar-refractivity contribution in [3.05, 3.63) is 45.6 Å². The highest BCUT2D eigenvalue weighted by molar-refractivity contribution is 14.1. The Labute approximate surface area is 222 Å². The average molecular weight is 771 g/mol. The minimum atomic E-state index is -2.46. The summed E-state index contributed by atoms with van der Waals surface area (Å²) in [7, 11) is -2.46. The maximum Gasteiger partial charge on any atom is 0.178 e. The van der Waals surface area contributed by atoms with Gasteiger partial charge in [0.15, 0.2) is 5.78 Å². The van der Waals surface area contributed by atoms with Gasteiger partial charge in [0.05, 0.1) is 22.7 Å². The normalized spacial score (nSPS) is 17.2. The molecule has 3 nitrogen and oxygen atoms in total. The van der Waals surface area contributed by atoms with E-state index in [1.165, 1.54) is 15.2 Å². The molecule has 0 bridgehead atoms. The van der Waals surface area contributed by atoms with Crippen molar-refractivity contribution < 1.29 is 9.90 Å². The molecule has 0 amide bonds. The van der Waals surface area contributed by atoms with Crippen LogP contribution in [0.25, 0.3) is 10.4 Å². The first kappa shape index (κ1) is 23.1. The van der Waals surface area contributed by atoms with Crippen molar-refractivity contribution in [1.29, 1.82) is 0 Å². The number of rotatable bonds is 3. The van der Waals surface area contributed by atoms with Crippen molar-refractivity contribution in [3.63, 3.8) is 0 Å². The van der Waals surface area contributed by atoms with Crippen LogP contribution in [0.4, 0.5) is 5.69 Å². The number of aliphatic imine (C=N–C) groups is 1. The molecule has 4 rings (SSSR count). The van der Waals surface area contributed by atoms with Crippen LogP contribution in [0.1, 0.15) is 27.7 Å². The molecule has 1 aromatic carbocycles. The highest BCUT2D eigenvalue weighted by atomic mass is 127. The minimum Gasteiger partial charge on any atom is -0.507 e. The molecule has 0 unspecified atom stereocenters. The third-order valence-electron chi connectivity index (χ3n) is 6.03. The Balaban J connectivity index is 2.20. The smallest absolute Gasteiger partial charge is 0.178 e. The van der Waals surface area contributed by atoms with E-state index < -0.39 is 8.07 Å². The molecule has 0 radical (unpaired) electrons. The summed E-state index contributed by atoms with van der Waals surface area (Å²) in [5.74, 6) is 0.331. The number of thiophene rings is 1. The van der Waals surface area contributed by atoms with Crippen molar-refractivity contribution >= 4 is 110 Å². The maximum atomic E-state index is 12.4. The summed E-state index contributed by atoms with van der Waals surface area (Å²) in [6.07, 6.45) is 5.30. The topological polar surface area (TPSA) is 49.7 Å². The monoisotopic (exact) mass is 771 g/mol. The molecule has 2 heterocycles. The minimum absolute atomic E-state index is 0.0297. The van der Waals surface area contributed by atoms with Crippen LogP contribution in [0.5, 0.6) is 5.75 Å². The van der Waals surface area contributed by atoms with Gasteiger partial charge in [-0.3, -0.25) is 4.79 Å². The maximum absolute atomic E-state index is 12.4. The van der Waals surface area contributed by atoms with Crippen molar-refractivity contribution in [1.82, 2.24) is 0 Å². The summed E-state index contributed by atoms with van der Waals surface area (Å²) in [4.78, 5) is 18.5. The lowest BCUT2D eigenvalue weighted by atomic mass is 10.1. The number of carbonyl (C=O) groups excluding carboxylic acids is 1. The molecule has 1 aliphatic carbocycles. The molecule has 0 saturated carbocycles. The van der Waals surface area contributed by atoms with Gasteiger partial charge in [0, 0.05) is 9.13 Å². The lowest BCUT2D eigenvalue weighted by molar-refractivity contribution is -0.110. The highest BCUT2D eigenvalue weighted by Crippen LogP contribution is 2.50. The molecule has 0 saturated heterocycles. The quantitative estimate of drug-likeness (QED) is 0.206. The van der Waals surface area contributed by atoms with Gasteiger partial charge in [0.25, 0.3) is 0 Å². The third kappa shape index (κ3) is 3.34. The Hall–Kier alpha value is -0.0531. The second-order valence-corrected chi connectivity index (χ2v) is 18.2. The summed E-state index contributed by atoms with van der Waals surface area (Å²) in [6, 6.07) is 3.73. The molecule has 2 aromatic rings. The Bertz CT molecular complexity index is 1170. The molecule has 0 atom stereocenters. The molecule has 1 aromatic heterocycles. The van der Waals surface area contributed by atoms with E-state index in [0.717, 1.165) is 27.0 Å². The Morgan fingerprint density at radius 3 is 2.27 bits per heavy atom. The highest BCUT2D eigenvalue weighted by Gasteiger charge is 2.52. The summed E-state index contributed by atoms with van der Waals surface area (Å²) < 4.78 is 3.62. The number of phenolic OH excluding ortho intramolecular Hbond substituents is 1. The lowest BCUT2D eigenvalue weighted by Gasteiger charge is -2.46. The van der Waals surface area contributed by atoms with Crippen LogP contribution >= 0.6 is 79.1 Å². The number of aromatic hydroxyl groups is 1. The van der Waals surface area contributed by atoms with E-state index in [1.807, 2.05) is 18.2 Å². The van der Waals surface area contributed by atoms with E-state index in [9.17, 15) is 9.90 Å². The van der Waals surface area contributed by atoms with Crippen molar-refractivity contribution in [2.24, 2.45) is 4.99 Å². The molecule has 30 heavy (non-hydrogen) atoms. The molecular formula is C22H20I3NO2SSi. The number of fused-ring (bicyclic) bond motifs is 2. The molecule has 0 fully saturated rings. The van der Waals surface area contributed by atoms with E-state index in [4.69, 9.17) is 4.99 Å². The van der Waals surface area contributed by atoms with Gasteiger partial charge in [-0.25, -0.2) is 4.99 Å². The van der Waals surface area contributed by atoms with Crippen LogP contribution < -0.4 is 5.19 Å². The van der Waals surface area contributed by atoms with E-state index in [0.29, 0.717) is 16.8 Å². The number of allylic oxidation sites excluding steroid dienone is 4. The third-order valence-corrected chi connectivity index (χ3v) is 19.5. The number of halogens is 3. The number of benzene rings is 1. The first-order chi connectivity index (χ1) is 14.1. The fourth-order valence-corrected chi connectivity index (χ4v) is 15.3. The van der Waals surface area contributed by atoms with Gasteiger partial charge >= 0.3 is 0 Å². The fourth-order valence-electron chi connectivity index (χ4n) is 4.92. The number of ketones is 1. The van der Waals surface area contributed by atoms with Gasteiger partial charge in [0.2, 0.25) is 0 Å². The van der Waals surface area contributed by atoms with Gasteiger partial charge in [0.1, 0.15) is 13.8 Å². The first-order valence-corrected chi connectivity index (χ1v) is 15.8. The van der Waals surface area contributed by atoms with Crippen LogP contribution in [0.2, 0.25) is 11.1 Å². The van der Waals surface area contributed by atoms with Crippen LogP contribution in [0.15, 0.2) is 40.5 Å². The molecule has 156 valence electrons. The van der Waals surface area contributed by atoms with Crippen LogP contribution in [-0.2, 0) is 4.79 Å². The second-order valence-electron chi connectivity index (χ2n) is 8.16. The Morgan fingerprint density at radius 2 is 1.70 bits per heavy atom. The summed E-state index contributed by atoms with van der Waals surface area (Å²) >= 11 is 8.88. The average Bonchev–Trinajstić information content (AvgIpc) is 2.93. The molecule has 1 N–H and O–H groups in total. The zero-order valence-corrected chi connectivity index (χ0v) is 25.2. The zero-order valence-electron chi connectivity index (χ0n) is 16.9. The van der Waals surface area contributed by atoms with Gasteiger partial charge in [-0.1, -0.05) is 27.7 Å². The van der Waals surface area contributed by atoms with Gasteiger partial charge in [-0.2, -0.15) is 0 Å². The largest absolute Gasteiger partial charge is 0.507 e. The first-order valence-electron chi connectivity index (χ1n) is 9.64. The van der Waals surface area contributed by atoms with E-state index in [-0.39, 0.29) is 5.78 Å². The molecule has 1 aliphatic heterocycles. The van der Waals surface area contributed by atoms with Crippen LogP contribution in [-0.4, -0.2) is 24.7 Å². The fraction of sp³-hybridized carbons (Fsp3) is 0.273. The Kier molecular flexibility index (Phi) is 6.46. The Morgan fingerprint density at radius 1 is 1.03 bits per heavy atom. The van der Waals surface area contributed by atoms with E-state index in [1.54, 1.807) is 23.5 Å². The predicted molar refractivity (Wildman–Crippen MR) is 154 cm³/mol. The number of hydrogen-bond donors (Lipinski definition) is 1. The van der Waals surface area contributed by atoms with Gasteiger partial charge in [-0.15, -0.1) is 11.3 Å². The summed E-state index contributed by atoms with van der Waals surface area (Å²) in [5, 5.41) is 13.4. The predicted octanol–water partition coefficient (Wildman–Crippen LogP) is 7.10. The summed E-state index contributed by atoms with van der Waals surface area (Å²) in [6.45, 7) is 9.07. The number of hydrogen-bond acceptors (Lipinski definition) is 4. The second kappa shape index (κ2) is 8.38. The molecule has 0 spiro atoms. The molecular weight excluding hydrogens is 751 g/mol. The van der Waals surface area contributed by atoms with E-state index >= 15 is 0 Å². The van der Waals surface area contributed by atoms with E-state index in [2.05, 4.69) is 95.5 Å². The van der Waals surface area contributed by atoms with Crippen molar-refractivity contribution in [2.75, 3.05) is 0 Å². The molecule has 8 heteroatoms. The van der Waals surface area contributed by atoms with Crippen LogP contribution in [0, 0.1) is 10.0 Å². The van der Waals surface area contributed by atoms with Crippen LogP contribution in [0.3, 0.4) is 0 Å². The summed E-state index contributed by atoms with van der Waals surface area (Å²) in [5.41, 5.74) is 3.45. The van der Waals surface area contributed by atoms with Gasteiger partial charge in [-0.05, 0) is 120 Å². The molecule has 2 aliphatic rings. The lowest BCUT2D eigenvalue weighted by Crippen LogP contribution is -2.59. The number of nitrogens with zero attached hydrogens (tertiary/aromatic N) is 1. The standard InChI is InChI=1S/C22H20I3NO2SSi/c1-10(2)30(11(3)4)16-9-12(27)5-6-13(16)26-14-7-8-15(28)17(21(14)30)20-18(23)19(24)22(25)29-20/h5-11,28H,1-4H3. The van der Waals surface area contributed by atoms with Gasteiger partial charge < -0.3 is 5.11 Å².